The predicted octanol–water partition coefficient (Wildman–Crippen LogP) is 2.24. The number of carbonyl (C=O) groups excluding carboxylic acids is 1. The lowest BCUT2D eigenvalue weighted by Crippen LogP contribution is -2.48. The summed E-state index contributed by atoms with van der Waals surface area (Å²) in [7, 11) is 1.42. The van der Waals surface area contributed by atoms with Crippen LogP contribution in [0, 0.1) is 5.82 Å². The summed E-state index contributed by atoms with van der Waals surface area (Å²) in [4.78, 5) is 20.1. The van der Waals surface area contributed by atoms with E-state index in [0.29, 0.717) is 18.4 Å². The van der Waals surface area contributed by atoms with E-state index < -0.39 is 35.8 Å². The van der Waals surface area contributed by atoms with Crippen LogP contribution in [0.5, 0.6) is 5.88 Å². The Balaban J connectivity index is 1.68. The highest BCUT2D eigenvalue weighted by atomic mass is 19.1. The van der Waals surface area contributed by atoms with Gasteiger partial charge in [-0.2, -0.15) is 0 Å². The molecule has 3 N–H and O–H groups in total. The molecule has 4 atom stereocenters. The number of nitrogens with one attached hydrogen (secondary N) is 1. The Bertz CT molecular complexity index is 927. The molecule has 0 bridgehead atoms. The van der Waals surface area contributed by atoms with Crippen LogP contribution in [0.15, 0.2) is 18.3 Å². The number of rotatable bonds is 5. The predicted molar refractivity (Wildman–Crippen MR) is 109 cm³/mol. The molecule has 2 aromatic heterocycles. The number of fused-ring (bicyclic) bond motifs is 1. The van der Waals surface area contributed by atoms with Crippen molar-refractivity contribution >= 4 is 17.1 Å². The molecule has 31 heavy (non-hydrogen) atoms. The van der Waals surface area contributed by atoms with Crippen molar-refractivity contribution in [1.29, 1.82) is 0 Å². The van der Waals surface area contributed by atoms with Crippen molar-refractivity contribution in [2.24, 2.45) is 0 Å². The second kappa shape index (κ2) is 9.29. The van der Waals surface area contributed by atoms with Crippen LogP contribution < -0.4 is 10.1 Å². The molecule has 0 spiro atoms. The van der Waals surface area contributed by atoms with Gasteiger partial charge in [-0.1, -0.05) is 0 Å². The zero-order valence-corrected chi connectivity index (χ0v) is 18.0. The second-order valence-electron chi connectivity index (χ2n) is 8.47. The third-order valence-electron chi connectivity index (χ3n) is 4.92. The summed E-state index contributed by atoms with van der Waals surface area (Å²) in [5, 5.41) is 24.2. The molecule has 1 aliphatic heterocycles. The van der Waals surface area contributed by atoms with E-state index in [-0.39, 0.29) is 29.6 Å². The molecule has 1 fully saturated rings. The summed E-state index contributed by atoms with van der Waals surface area (Å²) in [5.41, 5.74) is -0.328. The molecular weight excluding hydrogens is 409 g/mol. The topological polar surface area (TPSA) is 123 Å². The minimum absolute atomic E-state index is 0.103. The molecule has 1 saturated heterocycles. The van der Waals surface area contributed by atoms with Crippen LogP contribution in [0.1, 0.15) is 45.3 Å². The molecule has 0 aromatic carbocycles. The number of aromatic nitrogens is 2. The molecule has 0 saturated carbocycles. The third kappa shape index (κ3) is 5.57. The van der Waals surface area contributed by atoms with Gasteiger partial charge in [0.25, 0.3) is 0 Å². The molecule has 0 aliphatic carbocycles. The van der Waals surface area contributed by atoms with E-state index in [1.165, 1.54) is 7.11 Å². The Morgan fingerprint density at radius 3 is 2.68 bits per heavy atom. The molecule has 0 unspecified atom stereocenters. The smallest absolute Gasteiger partial charge is 0.407 e. The number of aliphatic hydroxyl groups is 2. The first-order valence-corrected chi connectivity index (χ1v) is 10.1. The van der Waals surface area contributed by atoms with Crippen molar-refractivity contribution in [3.63, 3.8) is 0 Å². The molecule has 3 rings (SSSR count). The molecule has 2 aromatic rings. The van der Waals surface area contributed by atoms with Gasteiger partial charge in [-0.25, -0.2) is 14.2 Å². The molecule has 0 radical (unpaired) electrons. The van der Waals surface area contributed by atoms with Crippen LogP contribution in [0.2, 0.25) is 0 Å². The number of methoxy groups -OCH3 is 1. The SMILES string of the molecule is COc1ccc2ncc(F)c([C@@H](O)[C@@H](O)[C@@H]3CC[C@@H](NC(=O)OC(C)(C)C)CO3)c2n1. The lowest BCUT2D eigenvalue weighted by atomic mass is 9.94. The Labute approximate surface area is 179 Å². The zero-order chi connectivity index (χ0) is 22.8. The number of ether oxygens (including phenoxy) is 3. The van der Waals surface area contributed by atoms with E-state index in [1.807, 2.05) is 0 Å². The van der Waals surface area contributed by atoms with Crippen LogP contribution in [-0.2, 0) is 9.47 Å². The molecule has 1 amide bonds. The fraction of sp³-hybridized carbons (Fsp3) is 0.571. The highest BCUT2D eigenvalue weighted by Crippen LogP contribution is 2.31. The normalized spacial score (nSPS) is 21.4. The summed E-state index contributed by atoms with van der Waals surface area (Å²) in [6, 6.07) is 2.87. The van der Waals surface area contributed by atoms with Crippen LogP contribution in [0.3, 0.4) is 0 Å². The maximum absolute atomic E-state index is 14.6. The highest BCUT2D eigenvalue weighted by Gasteiger charge is 2.35. The Kier molecular flexibility index (Phi) is 6.93. The standard InChI is InChI=1S/C21H28FN3O6/c1-21(2,3)31-20(28)24-11-5-7-14(30-10-11)18(26)19(27)16-12(22)9-23-13-6-8-15(29-4)25-17(13)16/h6,8-9,11,14,18-19,26-27H,5,7,10H2,1-4H3,(H,24,28)/t11-,14+,18+,19-/m1/s1. The van der Waals surface area contributed by atoms with E-state index in [4.69, 9.17) is 14.2 Å². The van der Waals surface area contributed by atoms with Crippen LogP contribution >= 0.6 is 0 Å². The van der Waals surface area contributed by atoms with E-state index in [0.717, 1.165) is 6.20 Å². The van der Waals surface area contributed by atoms with E-state index >= 15 is 0 Å². The number of hydrogen-bond acceptors (Lipinski definition) is 8. The Morgan fingerprint density at radius 1 is 1.32 bits per heavy atom. The van der Waals surface area contributed by atoms with Gasteiger partial charge < -0.3 is 29.7 Å². The van der Waals surface area contributed by atoms with Gasteiger partial charge in [-0.05, 0) is 39.7 Å². The highest BCUT2D eigenvalue weighted by molar-refractivity contribution is 5.79. The maximum Gasteiger partial charge on any atom is 0.407 e. The number of carbonyl (C=O) groups is 1. The van der Waals surface area contributed by atoms with Crippen molar-refractivity contribution in [2.45, 2.75) is 63.6 Å². The van der Waals surface area contributed by atoms with Gasteiger partial charge in [0.2, 0.25) is 5.88 Å². The van der Waals surface area contributed by atoms with Crippen molar-refractivity contribution in [3.05, 3.63) is 29.7 Å². The summed E-state index contributed by atoms with van der Waals surface area (Å²) >= 11 is 0. The van der Waals surface area contributed by atoms with Crippen molar-refractivity contribution in [3.8, 4) is 5.88 Å². The molecule has 1 aliphatic rings. The van der Waals surface area contributed by atoms with Crippen LogP contribution in [0.25, 0.3) is 11.0 Å². The quantitative estimate of drug-likeness (QED) is 0.651. The number of alkyl carbamates (subject to hydrolysis) is 1. The minimum Gasteiger partial charge on any atom is -0.481 e. The number of nitrogens with zero attached hydrogens (tertiary/aromatic N) is 2. The zero-order valence-electron chi connectivity index (χ0n) is 18.0. The van der Waals surface area contributed by atoms with Gasteiger partial charge in [0.15, 0.2) is 0 Å². The molecule has 9 nitrogen and oxygen atoms in total. The summed E-state index contributed by atoms with van der Waals surface area (Å²) in [5.74, 6) is -0.562. The van der Waals surface area contributed by atoms with E-state index in [2.05, 4.69) is 15.3 Å². The lowest BCUT2D eigenvalue weighted by Gasteiger charge is -2.34. The Morgan fingerprint density at radius 2 is 2.06 bits per heavy atom. The summed E-state index contributed by atoms with van der Waals surface area (Å²) in [6.45, 7) is 5.43. The van der Waals surface area contributed by atoms with E-state index in [1.54, 1.807) is 32.9 Å². The minimum atomic E-state index is -1.59. The fourth-order valence-corrected chi connectivity index (χ4v) is 3.44. The van der Waals surface area contributed by atoms with Gasteiger partial charge in [-0.3, -0.25) is 4.98 Å². The number of hydrogen-bond donors (Lipinski definition) is 3. The van der Waals surface area contributed by atoms with Crippen molar-refractivity contribution in [2.75, 3.05) is 13.7 Å². The number of halogens is 1. The van der Waals surface area contributed by atoms with Crippen molar-refractivity contribution < 1.29 is 33.6 Å². The van der Waals surface area contributed by atoms with Gasteiger partial charge in [0, 0.05) is 11.6 Å². The lowest BCUT2D eigenvalue weighted by molar-refractivity contribution is -0.114. The van der Waals surface area contributed by atoms with E-state index in [9.17, 15) is 19.4 Å². The largest absolute Gasteiger partial charge is 0.481 e. The fourth-order valence-electron chi connectivity index (χ4n) is 3.44. The molecule has 170 valence electrons. The summed E-state index contributed by atoms with van der Waals surface area (Å²) in [6.07, 6.45) is -2.48. The van der Waals surface area contributed by atoms with Crippen LogP contribution in [0.4, 0.5) is 9.18 Å². The first-order valence-electron chi connectivity index (χ1n) is 10.1. The average Bonchev–Trinajstić information content (AvgIpc) is 2.71. The van der Waals surface area contributed by atoms with Gasteiger partial charge in [0.1, 0.15) is 29.1 Å². The average molecular weight is 437 g/mol. The van der Waals surface area contributed by atoms with Crippen molar-refractivity contribution in [1.82, 2.24) is 15.3 Å². The molecule has 10 heteroatoms. The van der Waals surface area contributed by atoms with Gasteiger partial charge in [-0.15, -0.1) is 0 Å². The number of aliphatic hydroxyl groups excluding tert-OH is 2. The van der Waals surface area contributed by atoms with Gasteiger partial charge >= 0.3 is 6.09 Å². The first-order chi connectivity index (χ1) is 14.6. The number of pyridine rings is 2. The second-order valence-corrected chi connectivity index (χ2v) is 8.47. The maximum atomic E-state index is 14.6. The third-order valence-corrected chi connectivity index (χ3v) is 4.92. The van der Waals surface area contributed by atoms with Gasteiger partial charge in [0.05, 0.1) is 37.6 Å². The Hall–Kier alpha value is -2.56. The molecule has 3 heterocycles. The number of amides is 1. The van der Waals surface area contributed by atoms with Crippen LogP contribution in [-0.4, -0.2) is 63.8 Å². The monoisotopic (exact) mass is 437 g/mol. The molecular formula is C21H28FN3O6. The summed E-state index contributed by atoms with van der Waals surface area (Å²) < 4.78 is 30.5. The first kappa shape index (κ1) is 23.1.